The maximum atomic E-state index is 12.8. The average molecular weight is 246 g/mol. The standard InChI is InChI=1S/C13H15FN4/c1-4-10-8(2)12(15-3)18-13(17-10)11-6-5-9(14)7-16-11/h5-7H,4H2,1-3H3,(H,15,17,18). The first-order valence-corrected chi connectivity index (χ1v) is 5.83. The van der Waals surface area contributed by atoms with Gasteiger partial charge in [0.2, 0.25) is 0 Å². The van der Waals surface area contributed by atoms with Gasteiger partial charge in [0.25, 0.3) is 0 Å². The fourth-order valence-electron chi connectivity index (χ4n) is 1.77. The van der Waals surface area contributed by atoms with Gasteiger partial charge in [0.05, 0.1) is 6.20 Å². The predicted molar refractivity (Wildman–Crippen MR) is 68.9 cm³/mol. The summed E-state index contributed by atoms with van der Waals surface area (Å²) in [5, 5.41) is 3.04. The minimum atomic E-state index is -0.365. The van der Waals surface area contributed by atoms with E-state index in [1.165, 1.54) is 12.3 Å². The van der Waals surface area contributed by atoms with E-state index in [-0.39, 0.29) is 5.82 Å². The summed E-state index contributed by atoms with van der Waals surface area (Å²) in [7, 11) is 1.82. The molecular weight excluding hydrogens is 231 g/mol. The van der Waals surface area contributed by atoms with Crippen LogP contribution in [0.4, 0.5) is 10.2 Å². The van der Waals surface area contributed by atoms with E-state index in [4.69, 9.17) is 0 Å². The van der Waals surface area contributed by atoms with Gasteiger partial charge in [0.15, 0.2) is 5.82 Å². The van der Waals surface area contributed by atoms with Gasteiger partial charge in [0.1, 0.15) is 17.3 Å². The molecule has 0 spiro atoms. The Morgan fingerprint density at radius 3 is 2.61 bits per heavy atom. The average Bonchev–Trinajstić information content (AvgIpc) is 2.40. The number of anilines is 1. The number of aromatic nitrogens is 3. The van der Waals surface area contributed by atoms with Crippen molar-refractivity contribution in [3.05, 3.63) is 35.4 Å². The predicted octanol–water partition coefficient (Wildman–Crippen LogP) is 2.59. The smallest absolute Gasteiger partial charge is 0.180 e. The molecule has 2 heterocycles. The first-order valence-electron chi connectivity index (χ1n) is 5.83. The lowest BCUT2D eigenvalue weighted by atomic mass is 10.2. The molecule has 0 aromatic carbocycles. The van der Waals surface area contributed by atoms with Crippen LogP contribution in [0, 0.1) is 12.7 Å². The van der Waals surface area contributed by atoms with E-state index >= 15 is 0 Å². The lowest BCUT2D eigenvalue weighted by Gasteiger charge is -2.10. The third kappa shape index (κ3) is 2.30. The minimum absolute atomic E-state index is 0.365. The summed E-state index contributed by atoms with van der Waals surface area (Å²) in [4.78, 5) is 12.9. The maximum absolute atomic E-state index is 12.8. The van der Waals surface area contributed by atoms with Gasteiger partial charge in [-0.15, -0.1) is 0 Å². The highest BCUT2D eigenvalue weighted by molar-refractivity contribution is 5.56. The summed E-state index contributed by atoms with van der Waals surface area (Å²) < 4.78 is 12.8. The Morgan fingerprint density at radius 1 is 1.28 bits per heavy atom. The second kappa shape index (κ2) is 5.08. The van der Waals surface area contributed by atoms with Gasteiger partial charge < -0.3 is 5.32 Å². The van der Waals surface area contributed by atoms with E-state index in [9.17, 15) is 4.39 Å². The summed E-state index contributed by atoms with van der Waals surface area (Å²) in [6.45, 7) is 4.02. The van der Waals surface area contributed by atoms with Gasteiger partial charge >= 0.3 is 0 Å². The number of pyridine rings is 1. The van der Waals surface area contributed by atoms with E-state index in [0.29, 0.717) is 11.5 Å². The number of aryl methyl sites for hydroxylation is 1. The summed E-state index contributed by atoms with van der Waals surface area (Å²) in [5.41, 5.74) is 2.57. The number of rotatable bonds is 3. The van der Waals surface area contributed by atoms with Gasteiger partial charge in [-0.1, -0.05) is 6.92 Å². The van der Waals surface area contributed by atoms with Crippen molar-refractivity contribution >= 4 is 5.82 Å². The lowest BCUT2D eigenvalue weighted by molar-refractivity contribution is 0.621. The highest BCUT2D eigenvalue weighted by atomic mass is 19.1. The fraction of sp³-hybridized carbons (Fsp3) is 0.308. The largest absolute Gasteiger partial charge is 0.373 e. The van der Waals surface area contributed by atoms with Crippen molar-refractivity contribution in [2.75, 3.05) is 12.4 Å². The zero-order chi connectivity index (χ0) is 13.1. The van der Waals surface area contributed by atoms with E-state index < -0.39 is 0 Å². The fourth-order valence-corrected chi connectivity index (χ4v) is 1.77. The molecule has 2 aromatic heterocycles. The van der Waals surface area contributed by atoms with Crippen molar-refractivity contribution in [1.29, 1.82) is 0 Å². The molecule has 0 amide bonds. The summed E-state index contributed by atoms with van der Waals surface area (Å²) in [6.07, 6.45) is 1.99. The van der Waals surface area contributed by atoms with Crippen molar-refractivity contribution in [2.45, 2.75) is 20.3 Å². The molecule has 0 radical (unpaired) electrons. The second-order valence-corrected chi connectivity index (χ2v) is 3.93. The molecule has 4 nitrogen and oxygen atoms in total. The Morgan fingerprint density at radius 2 is 2.06 bits per heavy atom. The van der Waals surface area contributed by atoms with Crippen molar-refractivity contribution in [3.8, 4) is 11.5 Å². The Hall–Kier alpha value is -2.04. The third-order valence-electron chi connectivity index (χ3n) is 2.77. The molecule has 0 bridgehead atoms. The van der Waals surface area contributed by atoms with Crippen LogP contribution < -0.4 is 5.32 Å². The molecule has 0 aliphatic carbocycles. The van der Waals surface area contributed by atoms with Crippen LogP contribution in [0.3, 0.4) is 0 Å². The topological polar surface area (TPSA) is 50.7 Å². The number of nitrogens with zero attached hydrogens (tertiary/aromatic N) is 3. The monoisotopic (exact) mass is 246 g/mol. The number of hydrogen-bond acceptors (Lipinski definition) is 4. The molecule has 0 unspecified atom stereocenters. The first-order chi connectivity index (χ1) is 8.65. The van der Waals surface area contributed by atoms with Gasteiger partial charge in [-0.05, 0) is 25.5 Å². The number of hydrogen-bond donors (Lipinski definition) is 1. The molecule has 0 saturated heterocycles. The van der Waals surface area contributed by atoms with Crippen LogP contribution in [0.1, 0.15) is 18.2 Å². The Bertz CT molecular complexity index is 526. The van der Waals surface area contributed by atoms with Crippen molar-refractivity contribution in [3.63, 3.8) is 0 Å². The number of nitrogens with one attached hydrogen (secondary N) is 1. The van der Waals surface area contributed by atoms with Crippen LogP contribution >= 0.6 is 0 Å². The molecular formula is C13H15FN4. The molecule has 0 fully saturated rings. The Kier molecular flexibility index (Phi) is 3.50. The van der Waals surface area contributed by atoms with Crippen LogP contribution in [0.15, 0.2) is 18.3 Å². The van der Waals surface area contributed by atoms with Gasteiger partial charge in [-0.3, -0.25) is 0 Å². The quantitative estimate of drug-likeness (QED) is 0.904. The van der Waals surface area contributed by atoms with Crippen molar-refractivity contribution < 1.29 is 4.39 Å². The van der Waals surface area contributed by atoms with E-state index in [2.05, 4.69) is 20.3 Å². The van der Waals surface area contributed by atoms with Crippen molar-refractivity contribution in [2.24, 2.45) is 0 Å². The Balaban J connectivity index is 2.54. The Labute approximate surface area is 105 Å². The molecule has 2 rings (SSSR count). The van der Waals surface area contributed by atoms with E-state index in [1.54, 1.807) is 6.07 Å². The normalized spacial score (nSPS) is 10.4. The molecule has 0 aliphatic rings. The maximum Gasteiger partial charge on any atom is 0.180 e. The number of halogens is 1. The first kappa shape index (κ1) is 12.4. The van der Waals surface area contributed by atoms with Crippen LogP contribution in [0.25, 0.3) is 11.5 Å². The zero-order valence-corrected chi connectivity index (χ0v) is 10.7. The molecule has 94 valence electrons. The van der Waals surface area contributed by atoms with Crippen molar-refractivity contribution in [1.82, 2.24) is 15.0 Å². The van der Waals surface area contributed by atoms with Crippen LogP contribution in [0.2, 0.25) is 0 Å². The van der Waals surface area contributed by atoms with Gasteiger partial charge in [-0.25, -0.2) is 19.3 Å². The van der Waals surface area contributed by atoms with Gasteiger partial charge in [0, 0.05) is 18.3 Å². The van der Waals surface area contributed by atoms with E-state index in [1.807, 2.05) is 20.9 Å². The van der Waals surface area contributed by atoms with E-state index in [0.717, 1.165) is 23.5 Å². The SMILES string of the molecule is CCc1nc(-c2ccc(F)cn2)nc(NC)c1C. The molecule has 5 heteroatoms. The summed E-state index contributed by atoms with van der Waals surface area (Å²) >= 11 is 0. The minimum Gasteiger partial charge on any atom is -0.373 e. The third-order valence-corrected chi connectivity index (χ3v) is 2.77. The lowest BCUT2D eigenvalue weighted by Crippen LogP contribution is -2.05. The molecule has 2 aromatic rings. The molecule has 1 N–H and O–H groups in total. The highest BCUT2D eigenvalue weighted by Crippen LogP contribution is 2.20. The summed E-state index contributed by atoms with van der Waals surface area (Å²) in [6, 6.07) is 2.94. The second-order valence-electron chi connectivity index (χ2n) is 3.93. The zero-order valence-electron chi connectivity index (χ0n) is 10.7. The van der Waals surface area contributed by atoms with Gasteiger partial charge in [-0.2, -0.15) is 0 Å². The summed E-state index contributed by atoms with van der Waals surface area (Å²) in [5.74, 6) is 0.931. The van der Waals surface area contributed by atoms with Crippen LogP contribution in [-0.4, -0.2) is 22.0 Å². The molecule has 0 saturated carbocycles. The molecule has 18 heavy (non-hydrogen) atoms. The van der Waals surface area contributed by atoms with Crippen LogP contribution in [-0.2, 0) is 6.42 Å². The highest BCUT2D eigenvalue weighted by Gasteiger charge is 2.11. The van der Waals surface area contributed by atoms with Crippen LogP contribution in [0.5, 0.6) is 0 Å². The molecule has 0 aliphatic heterocycles. The molecule has 0 atom stereocenters.